The number of benzene rings is 1. The molecule has 3 N–H and O–H groups in total. The molecule has 1 amide bonds. The molecule has 5 heteroatoms. The van der Waals surface area contributed by atoms with Gasteiger partial charge in [0.2, 0.25) is 5.91 Å². The smallest absolute Gasteiger partial charge is 0.224 e. The van der Waals surface area contributed by atoms with Gasteiger partial charge in [-0.15, -0.1) is 0 Å². The summed E-state index contributed by atoms with van der Waals surface area (Å²) in [5.41, 5.74) is 7.01. The lowest BCUT2D eigenvalue weighted by atomic mass is 10.0. The molecule has 0 saturated heterocycles. The van der Waals surface area contributed by atoms with Gasteiger partial charge in [0.15, 0.2) is 0 Å². The van der Waals surface area contributed by atoms with Gasteiger partial charge in [0.25, 0.3) is 0 Å². The Bertz CT molecular complexity index is 611. The quantitative estimate of drug-likeness (QED) is 0.889. The molecule has 0 aliphatic rings. The first kappa shape index (κ1) is 14.8. The number of hydrogen-bond acceptors (Lipinski definition) is 3. The average Bonchev–Trinajstić information content (AvgIpc) is 2.48. The highest BCUT2D eigenvalue weighted by atomic mass is 35.5. The molecule has 106 valence electrons. The summed E-state index contributed by atoms with van der Waals surface area (Å²) >= 11 is 6.13. The zero-order valence-electron chi connectivity index (χ0n) is 11.4. The highest BCUT2D eigenvalue weighted by Gasteiger charge is 2.13. The predicted octanol–water partition coefficient (Wildman–Crippen LogP) is 3.20. The Morgan fingerprint density at radius 1 is 1.45 bits per heavy atom. The molecule has 0 saturated carbocycles. The molecular weight excluding hydrogens is 274 g/mol. The summed E-state index contributed by atoms with van der Waals surface area (Å²) in [5.74, 6) is 0.165. The first-order chi connectivity index (χ1) is 9.65. The van der Waals surface area contributed by atoms with Gasteiger partial charge in [-0.3, -0.25) is 9.78 Å². The summed E-state index contributed by atoms with van der Waals surface area (Å²) in [5, 5.41) is 4.35. The Morgan fingerprint density at radius 3 is 2.95 bits per heavy atom. The van der Waals surface area contributed by atoms with Crippen molar-refractivity contribution in [2.24, 2.45) is 11.7 Å². The highest BCUT2D eigenvalue weighted by Crippen LogP contribution is 2.28. The van der Waals surface area contributed by atoms with E-state index in [1.165, 1.54) is 0 Å². The van der Waals surface area contributed by atoms with Crippen LogP contribution in [0.2, 0.25) is 5.02 Å². The van der Waals surface area contributed by atoms with Gasteiger partial charge >= 0.3 is 0 Å². The van der Waals surface area contributed by atoms with Gasteiger partial charge in [-0.2, -0.15) is 0 Å². The first-order valence-electron chi connectivity index (χ1n) is 6.68. The lowest BCUT2D eigenvalue weighted by molar-refractivity contribution is -0.117. The number of hydrogen-bond donors (Lipinski definition) is 2. The summed E-state index contributed by atoms with van der Waals surface area (Å²) in [4.78, 5) is 16.3. The Labute approximate surface area is 123 Å². The van der Waals surface area contributed by atoms with Crippen LogP contribution < -0.4 is 11.1 Å². The van der Waals surface area contributed by atoms with Crippen LogP contribution in [-0.4, -0.2) is 17.4 Å². The molecule has 1 atom stereocenters. The third kappa shape index (κ3) is 3.26. The molecule has 0 aliphatic carbocycles. The Morgan fingerprint density at radius 2 is 2.25 bits per heavy atom. The molecule has 1 aromatic heterocycles. The van der Waals surface area contributed by atoms with E-state index in [-0.39, 0.29) is 11.8 Å². The lowest BCUT2D eigenvalue weighted by Gasteiger charge is -2.13. The molecule has 2 rings (SSSR count). The molecule has 0 fully saturated rings. The second-order valence-corrected chi connectivity index (χ2v) is 5.16. The van der Waals surface area contributed by atoms with Crippen molar-refractivity contribution >= 4 is 34.1 Å². The van der Waals surface area contributed by atoms with Crippen molar-refractivity contribution in [3.05, 3.63) is 35.5 Å². The molecule has 1 unspecified atom stereocenters. The number of rotatable bonds is 5. The largest absolute Gasteiger partial charge is 0.330 e. The fourth-order valence-electron chi connectivity index (χ4n) is 2.10. The maximum absolute atomic E-state index is 12.0. The number of anilines is 1. The van der Waals surface area contributed by atoms with E-state index in [1.807, 2.05) is 19.1 Å². The molecule has 20 heavy (non-hydrogen) atoms. The first-order valence-corrected chi connectivity index (χ1v) is 7.06. The molecule has 2 aromatic rings. The second-order valence-electron chi connectivity index (χ2n) is 4.76. The van der Waals surface area contributed by atoms with Gasteiger partial charge < -0.3 is 11.1 Å². The molecule has 0 spiro atoms. The van der Waals surface area contributed by atoms with Gasteiger partial charge in [-0.25, -0.2) is 0 Å². The maximum Gasteiger partial charge on any atom is 0.224 e. The van der Waals surface area contributed by atoms with Gasteiger partial charge in [0.1, 0.15) is 0 Å². The zero-order valence-corrected chi connectivity index (χ0v) is 12.2. The lowest BCUT2D eigenvalue weighted by Crippen LogP contribution is -2.21. The van der Waals surface area contributed by atoms with Crippen LogP contribution in [0, 0.1) is 5.92 Å². The number of nitrogens with two attached hydrogens (primary N) is 1. The molecule has 0 aliphatic heterocycles. The van der Waals surface area contributed by atoms with Crippen molar-refractivity contribution in [1.82, 2.24) is 4.98 Å². The topological polar surface area (TPSA) is 68.0 Å². The standard InChI is InChI=1S/C15H18ClN3O/c1-2-10(9-17)8-14(20)19-13-6-5-12(16)11-4-3-7-18-15(11)13/h3-7,10H,2,8-9,17H2,1H3,(H,19,20). The molecule has 1 heterocycles. The predicted molar refractivity (Wildman–Crippen MR) is 82.8 cm³/mol. The number of nitrogens with zero attached hydrogens (tertiary/aromatic N) is 1. The van der Waals surface area contributed by atoms with E-state index in [0.717, 1.165) is 11.8 Å². The monoisotopic (exact) mass is 291 g/mol. The minimum absolute atomic E-state index is 0.0448. The summed E-state index contributed by atoms with van der Waals surface area (Å²) in [6.07, 6.45) is 3.00. The van der Waals surface area contributed by atoms with Gasteiger partial charge in [0.05, 0.1) is 16.2 Å². The number of fused-ring (bicyclic) bond motifs is 1. The SMILES string of the molecule is CCC(CN)CC(=O)Nc1ccc(Cl)c2cccnc12. The van der Waals surface area contributed by atoms with E-state index >= 15 is 0 Å². The number of aromatic nitrogens is 1. The van der Waals surface area contributed by atoms with Crippen LogP contribution >= 0.6 is 11.6 Å². The van der Waals surface area contributed by atoms with Crippen molar-refractivity contribution in [2.75, 3.05) is 11.9 Å². The Kier molecular flexibility index (Phi) is 4.93. The Balaban J connectivity index is 2.22. The van der Waals surface area contributed by atoms with Crippen molar-refractivity contribution in [3.63, 3.8) is 0 Å². The van der Waals surface area contributed by atoms with Crippen LogP contribution in [0.4, 0.5) is 5.69 Å². The Hall–Kier alpha value is -1.65. The maximum atomic E-state index is 12.0. The number of nitrogens with one attached hydrogen (secondary N) is 1. The molecule has 0 radical (unpaired) electrons. The fourth-order valence-corrected chi connectivity index (χ4v) is 2.31. The van der Waals surface area contributed by atoms with E-state index in [4.69, 9.17) is 17.3 Å². The van der Waals surface area contributed by atoms with E-state index in [2.05, 4.69) is 10.3 Å². The third-order valence-electron chi connectivity index (χ3n) is 3.38. The summed E-state index contributed by atoms with van der Waals surface area (Å²) < 4.78 is 0. The van der Waals surface area contributed by atoms with Gasteiger partial charge in [-0.05, 0) is 36.7 Å². The van der Waals surface area contributed by atoms with E-state index < -0.39 is 0 Å². The number of carbonyl (C=O) groups is 1. The zero-order chi connectivity index (χ0) is 14.5. The number of pyridine rings is 1. The van der Waals surface area contributed by atoms with Crippen LogP contribution in [0.1, 0.15) is 19.8 Å². The van der Waals surface area contributed by atoms with Crippen molar-refractivity contribution in [3.8, 4) is 0 Å². The molecule has 1 aromatic carbocycles. The van der Waals surface area contributed by atoms with Crippen LogP contribution in [0.5, 0.6) is 0 Å². The molecule has 4 nitrogen and oxygen atoms in total. The average molecular weight is 292 g/mol. The van der Waals surface area contributed by atoms with Crippen molar-refractivity contribution in [2.45, 2.75) is 19.8 Å². The van der Waals surface area contributed by atoms with E-state index in [1.54, 1.807) is 18.3 Å². The summed E-state index contributed by atoms with van der Waals surface area (Å²) in [6, 6.07) is 7.25. The molecule has 0 bridgehead atoms. The minimum Gasteiger partial charge on any atom is -0.330 e. The van der Waals surface area contributed by atoms with Crippen LogP contribution in [-0.2, 0) is 4.79 Å². The van der Waals surface area contributed by atoms with Crippen molar-refractivity contribution in [1.29, 1.82) is 0 Å². The van der Waals surface area contributed by atoms with Gasteiger partial charge in [-0.1, -0.05) is 24.9 Å². The minimum atomic E-state index is -0.0448. The van der Waals surface area contributed by atoms with E-state index in [0.29, 0.717) is 29.2 Å². The van der Waals surface area contributed by atoms with Crippen molar-refractivity contribution < 1.29 is 4.79 Å². The fraction of sp³-hybridized carbons (Fsp3) is 0.333. The summed E-state index contributed by atoms with van der Waals surface area (Å²) in [6.45, 7) is 2.55. The molecular formula is C15H18ClN3O. The summed E-state index contributed by atoms with van der Waals surface area (Å²) in [7, 11) is 0. The van der Waals surface area contributed by atoms with E-state index in [9.17, 15) is 4.79 Å². The van der Waals surface area contributed by atoms with Gasteiger partial charge in [0, 0.05) is 18.0 Å². The second kappa shape index (κ2) is 6.68. The third-order valence-corrected chi connectivity index (χ3v) is 3.70. The number of carbonyl (C=O) groups excluding carboxylic acids is 1. The number of amides is 1. The van der Waals surface area contributed by atoms with Crippen LogP contribution in [0.25, 0.3) is 10.9 Å². The van der Waals surface area contributed by atoms with Crippen LogP contribution in [0.15, 0.2) is 30.5 Å². The number of halogens is 1. The highest BCUT2D eigenvalue weighted by molar-refractivity contribution is 6.35. The van der Waals surface area contributed by atoms with Crippen LogP contribution in [0.3, 0.4) is 0 Å². The normalized spacial score (nSPS) is 12.3.